The Balaban J connectivity index is 1.33. The first-order valence-corrected chi connectivity index (χ1v) is 10.6. The van der Waals surface area contributed by atoms with Crippen LogP contribution >= 0.6 is 0 Å². The number of rotatable bonds is 5. The van der Waals surface area contributed by atoms with E-state index in [2.05, 4.69) is 15.0 Å². The molecular weight excluding hydrogens is 467 g/mol. The zero-order chi connectivity index (χ0) is 24.7. The van der Waals surface area contributed by atoms with E-state index >= 15 is 0 Å². The number of hydrogen-bond donors (Lipinski definition) is 3. The van der Waals surface area contributed by atoms with Gasteiger partial charge in [0.15, 0.2) is 17.7 Å². The summed E-state index contributed by atoms with van der Waals surface area (Å²) in [6.07, 6.45) is -6.44. The van der Waals surface area contributed by atoms with Crippen molar-refractivity contribution >= 4 is 17.0 Å². The summed E-state index contributed by atoms with van der Waals surface area (Å²) in [7, 11) is 0. The molecule has 4 atom stereocenters. The minimum Gasteiger partial charge on any atom is -0.491 e. The van der Waals surface area contributed by atoms with Gasteiger partial charge in [-0.1, -0.05) is 30.3 Å². The van der Waals surface area contributed by atoms with Gasteiger partial charge in [0, 0.05) is 0 Å². The number of fused-ring (bicyclic) bond motifs is 1. The largest absolute Gasteiger partial charge is 0.491 e. The highest BCUT2D eigenvalue weighted by atomic mass is 19.4. The summed E-state index contributed by atoms with van der Waals surface area (Å²) in [6, 6.07) is 11.4. The smallest absolute Gasteiger partial charge is 0.417 e. The molecule has 0 bridgehead atoms. The van der Waals surface area contributed by atoms with Crippen molar-refractivity contribution in [1.82, 2.24) is 19.5 Å². The predicted octanol–water partition coefficient (Wildman–Crippen LogP) is 2.79. The Bertz CT molecular complexity index is 1360. The fourth-order valence-corrected chi connectivity index (χ4v) is 4.07. The first-order valence-electron chi connectivity index (χ1n) is 10.6. The molecule has 1 fully saturated rings. The SMILES string of the molecule is Nc1ncnc2c1ncn2[C@@H]1O[C@H](COc2cccc(-c3ccccc3C(F)(F)F)c2)[C@@H](O)[C@H]1O. The second-order valence-corrected chi connectivity index (χ2v) is 8.01. The summed E-state index contributed by atoms with van der Waals surface area (Å²) in [5.74, 6) is 0.440. The lowest BCUT2D eigenvalue weighted by Crippen LogP contribution is -2.34. The normalized spacial score (nSPS) is 22.5. The summed E-state index contributed by atoms with van der Waals surface area (Å²) in [6.45, 7) is -0.164. The van der Waals surface area contributed by atoms with E-state index in [-0.39, 0.29) is 23.7 Å². The van der Waals surface area contributed by atoms with Gasteiger partial charge < -0.3 is 25.4 Å². The van der Waals surface area contributed by atoms with Crippen molar-refractivity contribution in [2.75, 3.05) is 12.3 Å². The van der Waals surface area contributed by atoms with Gasteiger partial charge in [-0.25, -0.2) is 15.0 Å². The Kier molecular flexibility index (Phi) is 5.79. The number of aliphatic hydroxyl groups excluding tert-OH is 2. The topological polar surface area (TPSA) is 129 Å². The number of benzene rings is 2. The average Bonchev–Trinajstić information content (AvgIpc) is 3.39. The number of alkyl halides is 3. The molecule has 182 valence electrons. The van der Waals surface area contributed by atoms with E-state index in [1.165, 1.54) is 41.5 Å². The van der Waals surface area contributed by atoms with Gasteiger partial charge in [0.05, 0.1) is 11.9 Å². The minimum absolute atomic E-state index is 0.0198. The lowest BCUT2D eigenvalue weighted by molar-refractivity contribution is -0.137. The molecule has 12 heteroatoms. The highest BCUT2D eigenvalue weighted by Gasteiger charge is 2.44. The highest BCUT2D eigenvalue weighted by Crippen LogP contribution is 2.38. The average molecular weight is 487 g/mol. The van der Waals surface area contributed by atoms with E-state index < -0.39 is 36.3 Å². The van der Waals surface area contributed by atoms with Gasteiger partial charge in [-0.3, -0.25) is 4.57 Å². The third-order valence-corrected chi connectivity index (χ3v) is 5.79. The number of nitrogens with zero attached hydrogens (tertiary/aromatic N) is 4. The number of aromatic nitrogens is 4. The van der Waals surface area contributed by atoms with Crippen LogP contribution in [0.4, 0.5) is 19.0 Å². The third kappa shape index (κ3) is 4.27. The third-order valence-electron chi connectivity index (χ3n) is 5.79. The van der Waals surface area contributed by atoms with Crippen LogP contribution in [0.15, 0.2) is 61.2 Å². The zero-order valence-corrected chi connectivity index (χ0v) is 18.0. The molecule has 1 aliphatic heterocycles. The maximum atomic E-state index is 13.4. The number of anilines is 1. The van der Waals surface area contributed by atoms with Gasteiger partial charge in [-0.2, -0.15) is 13.2 Å². The maximum absolute atomic E-state index is 13.4. The van der Waals surface area contributed by atoms with Crippen LogP contribution in [0.3, 0.4) is 0 Å². The monoisotopic (exact) mass is 487 g/mol. The summed E-state index contributed by atoms with van der Waals surface area (Å²) < 4.78 is 53.2. The molecule has 2 aromatic heterocycles. The Labute approximate surface area is 196 Å². The fraction of sp³-hybridized carbons (Fsp3) is 0.261. The summed E-state index contributed by atoms with van der Waals surface area (Å²) >= 11 is 0. The molecule has 3 heterocycles. The van der Waals surface area contributed by atoms with Gasteiger partial charge in [0.25, 0.3) is 0 Å². The van der Waals surface area contributed by atoms with E-state index in [0.717, 1.165) is 6.07 Å². The van der Waals surface area contributed by atoms with Gasteiger partial charge in [0.2, 0.25) is 0 Å². The molecule has 1 saturated heterocycles. The van der Waals surface area contributed by atoms with Crippen molar-refractivity contribution in [2.24, 2.45) is 0 Å². The van der Waals surface area contributed by atoms with E-state index in [0.29, 0.717) is 16.7 Å². The molecule has 1 aliphatic rings. The molecule has 2 aromatic carbocycles. The first kappa shape index (κ1) is 23.0. The van der Waals surface area contributed by atoms with Gasteiger partial charge in [0.1, 0.15) is 42.5 Å². The van der Waals surface area contributed by atoms with Crippen molar-refractivity contribution < 1.29 is 32.9 Å². The number of halogens is 3. The van der Waals surface area contributed by atoms with E-state index in [1.807, 2.05) is 0 Å². The molecule has 4 N–H and O–H groups in total. The van der Waals surface area contributed by atoms with Crippen molar-refractivity contribution in [3.8, 4) is 16.9 Å². The summed E-state index contributed by atoms with van der Waals surface area (Å²) in [4.78, 5) is 12.1. The lowest BCUT2D eigenvalue weighted by Gasteiger charge is -2.17. The number of aliphatic hydroxyl groups is 2. The van der Waals surface area contributed by atoms with Crippen molar-refractivity contribution in [2.45, 2.75) is 30.7 Å². The predicted molar refractivity (Wildman–Crippen MR) is 118 cm³/mol. The van der Waals surface area contributed by atoms with E-state index in [1.54, 1.807) is 18.2 Å². The van der Waals surface area contributed by atoms with E-state index in [9.17, 15) is 23.4 Å². The molecule has 0 radical (unpaired) electrons. The Morgan fingerprint density at radius 3 is 2.63 bits per heavy atom. The van der Waals surface area contributed by atoms with Gasteiger partial charge in [-0.05, 0) is 29.3 Å². The molecule has 0 saturated carbocycles. The van der Waals surface area contributed by atoms with Crippen molar-refractivity contribution in [3.63, 3.8) is 0 Å². The van der Waals surface area contributed by atoms with Crippen LogP contribution in [0, 0.1) is 0 Å². The van der Waals surface area contributed by atoms with Crippen molar-refractivity contribution in [1.29, 1.82) is 0 Å². The Morgan fingerprint density at radius 2 is 1.83 bits per heavy atom. The number of imidazole rings is 1. The standard InChI is InChI=1S/C23H20F3N5O4/c24-23(25,26)15-7-2-1-6-14(15)12-4-3-5-13(8-12)34-9-16-18(32)19(33)22(35-16)31-11-30-17-20(27)28-10-29-21(17)31/h1-8,10-11,16,18-19,22,32-33H,9H2,(H2,27,28,29)/t16-,18-,19-,22-/m1/s1. The molecule has 0 unspecified atom stereocenters. The summed E-state index contributed by atoms with van der Waals surface area (Å²) in [5.41, 5.74) is 6.03. The number of ether oxygens (including phenoxy) is 2. The van der Waals surface area contributed by atoms with Crippen LogP contribution in [0.25, 0.3) is 22.3 Å². The maximum Gasteiger partial charge on any atom is 0.417 e. The van der Waals surface area contributed by atoms with Crippen LogP contribution < -0.4 is 10.5 Å². The molecule has 35 heavy (non-hydrogen) atoms. The molecule has 4 aromatic rings. The second-order valence-electron chi connectivity index (χ2n) is 8.01. The van der Waals surface area contributed by atoms with Gasteiger partial charge in [-0.15, -0.1) is 0 Å². The molecular formula is C23H20F3N5O4. The number of hydrogen-bond acceptors (Lipinski definition) is 8. The summed E-state index contributed by atoms with van der Waals surface area (Å²) in [5, 5.41) is 21.1. The van der Waals surface area contributed by atoms with Gasteiger partial charge >= 0.3 is 6.18 Å². The van der Waals surface area contributed by atoms with Crippen molar-refractivity contribution in [3.05, 3.63) is 66.7 Å². The highest BCUT2D eigenvalue weighted by molar-refractivity contribution is 5.81. The molecule has 0 spiro atoms. The van der Waals surface area contributed by atoms with Crippen LogP contribution in [0.2, 0.25) is 0 Å². The Hall–Kier alpha value is -3.74. The molecule has 0 aliphatic carbocycles. The first-order chi connectivity index (χ1) is 16.7. The minimum atomic E-state index is -4.51. The molecule has 5 rings (SSSR count). The lowest BCUT2D eigenvalue weighted by atomic mass is 9.99. The van der Waals surface area contributed by atoms with Crippen LogP contribution in [-0.2, 0) is 10.9 Å². The second kappa shape index (κ2) is 8.80. The number of nitrogen functional groups attached to an aromatic ring is 1. The molecule has 9 nitrogen and oxygen atoms in total. The Morgan fingerprint density at radius 1 is 1.03 bits per heavy atom. The fourth-order valence-electron chi connectivity index (χ4n) is 4.07. The number of nitrogens with two attached hydrogens (primary N) is 1. The van der Waals surface area contributed by atoms with Crippen LogP contribution in [0.5, 0.6) is 5.75 Å². The van der Waals surface area contributed by atoms with E-state index in [4.69, 9.17) is 15.2 Å². The van der Waals surface area contributed by atoms with Crippen LogP contribution in [-0.4, -0.2) is 54.7 Å². The van der Waals surface area contributed by atoms with Crippen LogP contribution in [0.1, 0.15) is 11.8 Å². The quantitative estimate of drug-likeness (QED) is 0.392. The molecule has 0 amide bonds. The zero-order valence-electron chi connectivity index (χ0n) is 18.0.